The number of rotatable bonds is 8. The van der Waals surface area contributed by atoms with E-state index in [1.807, 2.05) is 38.3 Å². The molecule has 0 aliphatic carbocycles. The fourth-order valence-electron chi connectivity index (χ4n) is 2.44. The van der Waals surface area contributed by atoms with Gasteiger partial charge < -0.3 is 14.8 Å². The van der Waals surface area contributed by atoms with Gasteiger partial charge in [-0.25, -0.2) is 0 Å². The van der Waals surface area contributed by atoms with Crippen molar-refractivity contribution in [2.45, 2.75) is 24.8 Å². The van der Waals surface area contributed by atoms with Crippen molar-refractivity contribution in [1.29, 1.82) is 0 Å². The fraction of sp³-hybridized carbons (Fsp3) is 0.304. The lowest BCUT2D eigenvalue weighted by Gasteiger charge is -2.24. The summed E-state index contributed by atoms with van der Waals surface area (Å²) in [4.78, 5) is 17.0. The lowest BCUT2D eigenvalue weighted by Crippen LogP contribution is -2.47. The summed E-state index contributed by atoms with van der Waals surface area (Å²) in [6.07, 6.45) is 10.6. The second-order valence-corrected chi connectivity index (χ2v) is 7.53. The molecule has 0 aliphatic rings. The molecule has 0 saturated heterocycles. The molecule has 1 unspecified atom stereocenters. The summed E-state index contributed by atoms with van der Waals surface area (Å²) >= 11 is 1.30. The summed E-state index contributed by atoms with van der Waals surface area (Å²) in [5.41, 5.74) is 0.0399. The van der Waals surface area contributed by atoms with Gasteiger partial charge in [0.15, 0.2) is 0 Å². The maximum Gasteiger partial charge on any atom is 0.272 e. The molecule has 2 rings (SSSR count). The second-order valence-electron chi connectivity index (χ2n) is 6.63. The first-order valence-corrected chi connectivity index (χ1v) is 10.2. The molecular weight excluding hydrogens is 384 g/mol. The summed E-state index contributed by atoms with van der Waals surface area (Å²) in [7, 11) is 0. The van der Waals surface area contributed by atoms with Gasteiger partial charge in [-0.2, -0.15) is 0 Å². The molecule has 0 saturated carbocycles. The molecule has 150 valence electrons. The molecule has 0 fully saturated rings. The minimum atomic E-state index is -0.727. The zero-order valence-electron chi connectivity index (χ0n) is 16.8. The zero-order valence-corrected chi connectivity index (χ0v) is 17.6. The quantitative estimate of drug-likeness (QED) is 0.314. The Morgan fingerprint density at radius 3 is 2.93 bits per heavy atom. The zero-order chi connectivity index (χ0) is 21.3. The maximum absolute atomic E-state index is 12.7. The number of nitrogens with zero attached hydrogens (tertiary/aromatic N) is 1. The largest absolute Gasteiger partial charge is 0.470 e. The number of carbonyl (C=O) groups excluding carboxylic acids is 1. The van der Waals surface area contributed by atoms with Gasteiger partial charge in [-0.05, 0) is 44.4 Å². The summed E-state index contributed by atoms with van der Waals surface area (Å²) in [5.74, 6) is 8.75. The van der Waals surface area contributed by atoms with E-state index >= 15 is 0 Å². The summed E-state index contributed by atoms with van der Waals surface area (Å²) in [5, 5.41) is 3.75. The van der Waals surface area contributed by atoms with E-state index in [0.29, 0.717) is 17.9 Å². The Morgan fingerprint density at radius 2 is 2.24 bits per heavy atom. The van der Waals surface area contributed by atoms with Crippen molar-refractivity contribution in [3.63, 3.8) is 0 Å². The van der Waals surface area contributed by atoms with E-state index in [1.54, 1.807) is 18.3 Å². The van der Waals surface area contributed by atoms with E-state index in [0.717, 1.165) is 10.9 Å². The molecule has 1 aromatic heterocycles. The Hall–Kier alpha value is -2.93. The Kier molecular flexibility index (Phi) is 8.15. The van der Waals surface area contributed by atoms with E-state index in [-0.39, 0.29) is 12.5 Å². The third kappa shape index (κ3) is 6.87. The molecule has 29 heavy (non-hydrogen) atoms. The number of ether oxygens (including phenoxy) is 2. The van der Waals surface area contributed by atoms with Crippen molar-refractivity contribution < 1.29 is 14.3 Å². The molecule has 1 N–H and O–H groups in total. The molecule has 0 bridgehead atoms. The number of hydrogen-bond acceptors (Lipinski definition) is 5. The molecule has 2 aromatic rings. The smallest absolute Gasteiger partial charge is 0.272 e. The minimum absolute atomic E-state index is 0.264. The van der Waals surface area contributed by atoms with Gasteiger partial charge in [0.25, 0.3) is 5.91 Å². The predicted octanol–water partition coefficient (Wildman–Crippen LogP) is 3.38. The van der Waals surface area contributed by atoms with Gasteiger partial charge in [0.1, 0.15) is 12.4 Å². The van der Waals surface area contributed by atoms with Crippen molar-refractivity contribution in [3.8, 4) is 29.9 Å². The number of terminal acetylenes is 1. The number of amides is 1. The number of fused-ring (bicyclic) bond motifs is 1. The molecule has 0 radical (unpaired) electrons. The van der Waals surface area contributed by atoms with Crippen molar-refractivity contribution in [3.05, 3.63) is 48.7 Å². The average molecular weight is 409 g/mol. The van der Waals surface area contributed by atoms with Crippen LogP contribution >= 0.6 is 11.8 Å². The Balaban J connectivity index is 2.06. The fourth-order valence-corrected chi connectivity index (χ4v) is 2.92. The second kappa shape index (κ2) is 10.6. The highest BCUT2D eigenvalue weighted by atomic mass is 32.2. The van der Waals surface area contributed by atoms with Crippen LogP contribution in [0.2, 0.25) is 0 Å². The number of hydrogen-bond donors (Lipinski definition) is 1. The number of carbonyl (C=O) groups is 1. The van der Waals surface area contributed by atoms with Crippen LogP contribution in [-0.2, 0) is 9.53 Å². The van der Waals surface area contributed by atoms with Gasteiger partial charge in [0.2, 0.25) is 5.44 Å². The normalized spacial score (nSPS) is 11.7. The predicted molar refractivity (Wildman–Crippen MR) is 119 cm³/mol. The van der Waals surface area contributed by atoms with Crippen LogP contribution in [0.25, 0.3) is 10.9 Å². The van der Waals surface area contributed by atoms with Crippen molar-refractivity contribution in [1.82, 2.24) is 10.3 Å². The van der Waals surface area contributed by atoms with Gasteiger partial charge in [0.05, 0.1) is 17.7 Å². The number of pyridine rings is 1. The third-order valence-corrected chi connectivity index (χ3v) is 4.48. The average Bonchev–Trinajstić information content (AvgIpc) is 2.70. The molecule has 1 heterocycles. The lowest BCUT2D eigenvalue weighted by atomic mass is 10.1. The van der Waals surface area contributed by atoms with Crippen LogP contribution < -0.4 is 10.1 Å². The van der Waals surface area contributed by atoms with Gasteiger partial charge >= 0.3 is 0 Å². The van der Waals surface area contributed by atoms with Crippen LogP contribution in [0.15, 0.2) is 43.1 Å². The first kappa shape index (κ1) is 22.4. The topological polar surface area (TPSA) is 60.5 Å². The van der Waals surface area contributed by atoms with Crippen LogP contribution in [0.1, 0.15) is 19.4 Å². The van der Waals surface area contributed by atoms with Crippen LogP contribution in [0.4, 0.5) is 0 Å². The van der Waals surface area contributed by atoms with Gasteiger partial charge in [-0.15, -0.1) is 24.8 Å². The summed E-state index contributed by atoms with van der Waals surface area (Å²) in [6.45, 7) is 7.94. The van der Waals surface area contributed by atoms with E-state index in [2.05, 4.69) is 34.6 Å². The molecule has 1 atom stereocenters. The van der Waals surface area contributed by atoms with Gasteiger partial charge in [0, 0.05) is 17.1 Å². The third-order valence-electron chi connectivity index (χ3n) is 3.74. The van der Waals surface area contributed by atoms with Gasteiger partial charge in [-0.1, -0.05) is 23.8 Å². The molecule has 5 nitrogen and oxygen atoms in total. The molecule has 0 spiro atoms. The van der Waals surface area contributed by atoms with Crippen molar-refractivity contribution in [2.75, 3.05) is 19.5 Å². The lowest BCUT2D eigenvalue weighted by molar-refractivity contribution is -0.125. The van der Waals surface area contributed by atoms with Crippen LogP contribution in [0.5, 0.6) is 5.75 Å². The molecule has 1 aromatic carbocycles. The van der Waals surface area contributed by atoms with Gasteiger partial charge in [-0.3, -0.25) is 9.78 Å². The van der Waals surface area contributed by atoms with Crippen molar-refractivity contribution >= 4 is 28.6 Å². The number of thioether (sulfide) groups is 1. The van der Waals surface area contributed by atoms with E-state index in [1.165, 1.54) is 11.8 Å². The molecule has 6 heteroatoms. The summed E-state index contributed by atoms with van der Waals surface area (Å²) < 4.78 is 11.1. The minimum Gasteiger partial charge on any atom is -0.470 e. The number of nitrogens with one attached hydrogen (secondary N) is 1. The SMILES string of the molecule is C#Cc1cnc2ccc(OC(SC)C(=O)NC(C)(C)C#CCOCC=C)cc2c1. The first-order chi connectivity index (χ1) is 13.9. The molecule has 1 amide bonds. The van der Waals surface area contributed by atoms with Crippen LogP contribution in [0.3, 0.4) is 0 Å². The Morgan fingerprint density at radius 1 is 1.45 bits per heavy atom. The highest BCUT2D eigenvalue weighted by Crippen LogP contribution is 2.23. The number of aromatic nitrogens is 1. The summed E-state index contributed by atoms with van der Waals surface area (Å²) in [6, 6.07) is 7.29. The number of benzene rings is 1. The van der Waals surface area contributed by atoms with E-state index in [4.69, 9.17) is 15.9 Å². The highest BCUT2D eigenvalue weighted by molar-refractivity contribution is 7.99. The Bertz CT molecular complexity index is 983. The standard InChI is InChI=1S/C23H24N2O3S/c1-6-12-27-13-8-11-23(3,4)25-21(26)22(29-5)28-19-9-10-20-18(15-19)14-17(7-2)16-24-20/h2,6,9-10,14-16,22H,1,12-13H2,3-5H3,(H,25,26). The maximum atomic E-state index is 12.7. The first-order valence-electron chi connectivity index (χ1n) is 8.95. The Labute approximate surface area is 176 Å². The molecular formula is C23H24N2O3S. The highest BCUT2D eigenvalue weighted by Gasteiger charge is 2.25. The monoisotopic (exact) mass is 408 g/mol. The van der Waals surface area contributed by atoms with E-state index in [9.17, 15) is 4.79 Å². The van der Waals surface area contributed by atoms with Crippen LogP contribution in [0, 0.1) is 24.2 Å². The van der Waals surface area contributed by atoms with Crippen LogP contribution in [-0.4, -0.2) is 41.3 Å². The molecule has 0 aliphatic heterocycles. The van der Waals surface area contributed by atoms with Crippen molar-refractivity contribution in [2.24, 2.45) is 0 Å². The van der Waals surface area contributed by atoms with E-state index < -0.39 is 11.0 Å².